The molecule has 2 atom stereocenters. The molecule has 1 fully saturated rings. The van der Waals surface area contributed by atoms with E-state index in [0.29, 0.717) is 28.5 Å². The number of hydrogen-bond acceptors (Lipinski definition) is 7. The molecule has 1 heterocycles. The molecule has 1 aliphatic rings. The third-order valence-electron chi connectivity index (χ3n) is 5.41. The zero-order valence-corrected chi connectivity index (χ0v) is 19.4. The maximum absolute atomic E-state index is 14.0. The minimum absolute atomic E-state index is 0.0113. The highest BCUT2D eigenvalue weighted by Gasteiger charge is 2.29. The Balaban J connectivity index is 1.72. The Morgan fingerprint density at radius 1 is 1.16 bits per heavy atom. The molecule has 1 saturated carbocycles. The van der Waals surface area contributed by atoms with E-state index >= 15 is 0 Å². The molecule has 0 radical (unpaired) electrons. The number of nitrogens with zero attached hydrogens (tertiary/aromatic N) is 3. The van der Waals surface area contributed by atoms with Crippen molar-refractivity contribution in [1.29, 1.82) is 0 Å². The Morgan fingerprint density at radius 3 is 2.69 bits per heavy atom. The second-order valence-electron chi connectivity index (χ2n) is 8.28. The van der Waals surface area contributed by atoms with Crippen LogP contribution in [0.4, 0.5) is 21.6 Å². The number of aromatic nitrogens is 2. The molecule has 0 amide bonds. The Bertz CT molecular complexity index is 1270. The van der Waals surface area contributed by atoms with Crippen LogP contribution in [-0.2, 0) is 14.5 Å². The lowest BCUT2D eigenvalue weighted by molar-refractivity contribution is 0.0231. The normalized spacial score (nSPS) is 18.7. The van der Waals surface area contributed by atoms with E-state index in [4.69, 9.17) is 9.47 Å². The fourth-order valence-corrected chi connectivity index (χ4v) is 4.67. The first-order chi connectivity index (χ1) is 15.2. The lowest BCUT2D eigenvalue weighted by Gasteiger charge is -2.22. The molecule has 2 aromatic carbocycles. The number of halogens is 1. The molecule has 9 heteroatoms. The van der Waals surface area contributed by atoms with E-state index in [2.05, 4.69) is 19.6 Å². The molecule has 0 aliphatic heterocycles. The second kappa shape index (κ2) is 8.99. The summed E-state index contributed by atoms with van der Waals surface area (Å²) in [5, 5.41) is 4.09. The van der Waals surface area contributed by atoms with Gasteiger partial charge in [0.2, 0.25) is 0 Å². The van der Waals surface area contributed by atoms with Crippen LogP contribution in [0.1, 0.15) is 24.8 Å². The van der Waals surface area contributed by atoms with Gasteiger partial charge in [-0.3, -0.25) is 0 Å². The third-order valence-corrected chi connectivity index (χ3v) is 6.07. The van der Waals surface area contributed by atoms with Crippen molar-refractivity contribution in [3.63, 3.8) is 0 Å². The van der Waals surface area contributed by atoms with E-state index in [9.17, 15) is 8.60 Å². The summed E-state index contributed by atoms with van der Waals surface area (Å²) in [6, 6.07) is 8.03. The molecule has 4 rings (SSSR count). The minimum Gasteiger partial charge on any atom is -0.485 e. The van der Waals surface area contributed by atoms with Crippen LogP contribution in [0.5, 0.6) is 5.75 Å². The first-order valence-electron chi connectivity index (χ1n) is 10.4. The fraction of sp³-hybridized carbons (Fsp3) is 0.391. The summed E-state index contributed by atoms with van der Waals surface area (Å²) < 4.78 is 42.1. The summed E-state index contributed by atoms with van der Waals surface area (Å²) in [4.78, 5) is 8.77. The second-order valence-corrected chi connectivity index (χ2v) is 10.8. The molecule has 0 saturated heterocycles. The van der Waals surface area contributed by atoms with Gasteiger partial charge in [0.1, 0.15) is 29.8 Å². The number of ether oxygens (including phenoxy) is 2. The van der Waals surface area contributed by atoms with Gasteiger partial charge >= 0.3 is 0 Å². The van der Waals surface area contributed by atoms with Crippen LogP contribution in [0.15, 0.2) is 41.0 Å². The summed E-state index contributed by atoms with van der Waals surface area (Å²) in [7, 11) is -0.626. The molecule has 0 unspecified atom stereocenters. The van der Waals surface area contributed by atoms with Gasteiger partial charge in [-0.25, -0.2) is 18.6 Å². The van der Waals surface area contributed by atoms with Gasteiger partial charge in [0.25, 0.3) is 0 Å². The zero-order valence-electron chi connectivity index (χ0n) is 18.6. The molecular formula is C23H27FN4O3S. The maximum atomic E-state index is 14.0. The van der Waals surface area contributed by atoms with Crippen LogP contribution in [0.3, 0.4) is 0 Å². The van der Waals surface area contributed by atoms with E-state index in [1.54, 1.807) is 31.8 Å². The number of aryl methyl sites for hydroxylation is 1. The highest BCUT2D eigenvalue weighted by atomic mass is 32.2. The van der Waals surface area contributed by atoms with E-state index < -0.39 is 9.73 Å². The third kappa shape index (κ3) is 4.99. The molecule has 0 spiro atoms. The zero-order chi connectivity index (χ0) is 22.9. The number of methoxy groups -OCH3 is 1. The number of fused-ring (bicyclic) bond motifs is 1. The van der Waals surface area contributed by atoms with Crippen LogP contribution in [0.25, 0.3) is 10.9 Å². The van der Waals surface area contributed by atoms with Gasteiger partial charge in [-0.1, -0.05) is 0 Å². The van der Waals surface area contributed by atoms with Crippen LogP contribution in [0.2, 0.25) is 0 Å². The summed E-state index contributed by atoms with van der Waals surface area (Å²) in [6.45, 7) is 1.92. The average molecular weight is 459 g/mol. The van der Waals surface area contributed by atoms with Crippen LogP contribution in [-0.4, -0.2) is 46.0 Å². The molecule has 0 bridgehead atoms. The van der Waals surface area contributed by atoms with Crippen molar-refractivity contribution in [2.24, 2.45) is 4.36 Å². The summed E-state index contributed by atoms with van der Waals surface area (Å²) in [5.74, 6) is 0.598. The lowest BCUT2D eigenvalue weighted by atomic mass is 10.1. The minimum atomic E-state index is -2.30. The topological polar surface area (TPSA) is 85.7 Å². The number of benzene rings is 2. The number of hydrogen-bond donors (Lipinski definition) is 1. The first kappa shape index (κ1) is 22.4. The van der Waals surface area contributed by atoms with Gasteiger partial charge < -0.3 is 14.8 Å². The lowest BCUT2D eigenvalue weighted by Crippen LogP contribution is -2.28. The summed E-state index contributed by atoms with van der Waals surface area (Å²) in [5.41, 5.74) is 2.76. The predicted octanol–water partition coefficient (Wildman–Crippen LogP) is 5.13. The Kier molecular flexibility index (Phi) is 6.30. The fourth-order valence-electron chi connectivity index (χ4n) is 4.06. The summed E-state index contributed by atoms with van der Waals surface area (Å²) >= 11 is 0. The molecule has 1 aliphatic carbocycles. The van der Waals surface area contributed by atoms with Gasteiger partial charge in [-0.05, 0) is 56.0 Å². The van der Waals surface area contributed by atoms with Gasteiger partial charge in [0.15, 0.2) is 0 Å². The van der Waals surface area contributed by atoms with Gasteiger partial charge in [-0.2, -0.15) is 4.36 Å². The number of nitrogens with one attached hydrogen (secondary N) is 1. The SMILES string of the molecule is CO[C@@H]1CCC[C@H]1Oc1cc(F)ccc1Nc1ncnc2cc(N=S(C)(C)=O)cc(C)c12. The van der Waals surface area contributed by atoms with E-state index in [1.807, 2.05) is 13.0 Å². The number of anilines is 2. The molecule has 170 valence electrons. The average Bonchev–Trinajstić information content (AvgIpc) is 3.15. The van der Waals surface area contributed by atoms with Gasteiger partial charge in [0.05, 0.1) is 23.0 Å². The number of rotatable bonds is 6. The molecule has 7 nitrogen and oxygen atoms in total. The van der Waals surface area contributed by atoms with E-state index in [0.717, 1.165) is 30.2 Å². The quantitative estimate of drug-likeness (QED) is 0.551. The van der Waals surface area contributed by atoms with Crippen LogP contribution in [0, 0.1) is 12.7 Å². The monoisotopic (exact) mass is 458 g/mol. The van der Waals surface area contributed by atoms with Gasteiger partial charge in [-0.15, -0.1) is 0 Å². The van der Waals surface area contributed by atoms with Crippen molar-refractivity contribution in [2.45, 2.75) is 38.4 Å². The molecular weight excluding hydrogens is 431 g/mol. The smallest absolute Gasteiger partial charge is 0.146 e. The predicted molar refractivity (Wildman–Crippen MR) is 125 cm³/mol. The maximum Gasteiger partial charge on any atom is 0.146 e. The van der Waals surface area contributed by atoms with Crippen molar-refractivity contribution in [3.05, 3.63) is 48.0 Å². The van der Waals surface area contributed by atoms with Crippen molar-refractivity contribution in [1.82, 2.24) is 9.97 Å². The Morgan fingerprint density at radius 2 is 1.94 bits per heavy atom. The Labute approximate surface area is 187 Å². The van der Waals surface area contributed by atoms with Crippen molar-refractivity contribution in [3.8, 4) is 5.75 Å². The highest BCUT2D eigenvalue weighted by molar-refractivity contribution is 7.92. The molecule has 1 N–H and O–H groups in total. The molecule has 1 aromatic heterocycles. The van der Waals surface area contributed by atoms with Crippen molar-refractivity contribution >= 4 is 37.8 Å². The summed E-state index contributed by atoms with van der Waals surface area (Å²) in [6.07, 6.45) is 7.27. The van der Waals surface area contributed by atoms with E-state index in [1.165, 1.54) is 18.5 Å². The Hall–Kier alpha value is -2.78. The van der Waals surface area contributed by atoms with Crippen molar-refractivity contribution in [2.75, 3.05) is 24.9 Å². The van der Waals surface area contributed by atoms with Crippen LogP contribution >= 0.6 is 0 Å². The van der Waals surface area contributed by atoms with Gasteiger partial charge in [0, 0.05) is 40.8 Å². The first-order valence-corrected chi connectivity index (χ1v) is 12.7. The standard InChI is InChI=1S/C23H27FN4O3S/c1-14-10-16(28-32(3,4)29)12-18-22(14)23(26-13-25-18)27-17-9-8-15(24)11-21(17)31-20-7-5-6-19(20)30-2/h8-13,19-20H,5-7H2,1-4H3,(H,25,26,27)/t19-,20-/m1/s1. The highest BCUT2D eigenvalue weighted by Crippen LogP contribution is 2.36. The van der Waals surface area contributed by atoms with E-state index in [-0.39, 0.29) is 18.0 Å². The molecule has 32 heavy (non-hydrogen) atoms. The molecule has 3 aromatic rings. The van der Waals surface area contributed by atoms with Crippen molar-refractivity contribution < 1.29 is 18.1 Å². The largest absolute Gasteiger partial charge is 0.485 e. The van der Waals surface area contributed by atoms with Crippen LogP contribution < -0.4 is 10.1 Å².